The van der Waals surface area contributed by atoms with Crippen LogP contribution in [-0.4, -0.2) is 29.3 Å². The molecule has 1 N–H and O–H groups in total. The van der Waals surface area contributed by atoms with Crippen molar-refractivity contribution in [3.63, 3.8) is 0 Å². The molecule has 1 aliphatic carbocycles. The molecule has 2 bridgehead atoms. The number of hydrazine groups is 1. The third kappa shape index (κ3) is 2.60. The van der Waals surface area contributed by atoms with Gasteiger partial charge in [0, 0.05) is 5.92 Å². The average Bonchev–Trinajstić information content (AvgIpc) is 2.75. The number of benzene rings is 1. The number of hydrogen-bond donors (Lipinski definition) is 1. The third-order valence-electron chi connectivity index (χ3n) is 6.11. The van der Waals surface area contributed by atoms with Crippen LogP contribution < -0.4 is 10.2 Å². The Morgan fingerprint density at radius 1 is 1.28 bits per heavy atom. The van der Waals surface area contributed by atoms with Crippen LogP contribution in [0.1, 0.15) is 39.2 Å². The van der Waals surface area contributed by atoms with Crippen molar-refractivity contribution in [1.29, 1.82) is 0 Å². The number of fused-ring (bicyclic) bond motifs is 2. The quantitative estimate of drug-likeness (QED) is 0.850. The molecule has 2 fully saturated rings. The Morgan fingerprint density at radius 2 is 1.96 bits per heavy atom. The van der Waals surface area contributed by atoms with Crippen LogP contribution in [0.15, 0.2) is 24.3 Å². The van der Waals surface area contributed by atoms with Crippen molar-refractivity contribution in [2.45, 2.75) is 40.5 Å². The number of carbonyl (C=O) groups is 3. The molecule has 2 atom stereocenters. The topological polar surface area (TPSA) is 75.7 Å². The average molecular weight is 344 g/mol. The maximum absolute atomic E-state index is 12.8. The highest BCUT2D eigenvalue weighted by Gasteiger charge is 2.64. The number of aryl methyl sites for hydroxylation is 1. The Balaban J connectivity index is 1.69. The molecule has 1 heterocycles. The predicted molar refractivity (Wildman–Crippen MR) is 91.3 cm³/mol. The molecule has 1 saturated heterocycles. The normalized spacial score (nSPS) is 27.4. The van der Waals surface area contributed by atoms with Crippen LogP contribution in [0.3, 0.4) is 0 Å². The molecule has 1 aromatic rings. The molecule has 1 aromatic carbocycles. The number of nitrogens with one attached hydrogen (secondary N) is 1. The van der Waals surface area contributed by atoms with Gasteiger partial charge in [-0.1, -0.05) is 39.0 Å². The van der Waals surface area contributed by atoms with Gasteiger partial charge in [-0.25, -0.2) is 0 Å². The molecular weight excluding hydrogens is 320 g/mol. The van der Waals surface area contributed by atoms with Crippen LogP contribution in [0.5, 0.6) is 5.75 Å². The maximum Gasteiger partial charge on any atom is 0.276 e. The van der Waals surface area contributed by atoms with E-state index >= 15 is 0 Å². The molecule has 0 radical (unpaired) electrons. The van der Waals surface area contributed by atoms with Crippen LogP contribution in [0.2, 0.25) is 0 Å². The number of nitrogens with zero attached hydrogens (tertiary/aromatic N) is 1. The molecule has 25 heavy (non-hydrogen) atoms. The largest absolute Gasteiger partial charge is 0.483 e. The number of amides is 3. The van der Waals surface area contributed by atoms with Gasteiger partial charge in [-0.3, -0.25) is 19.8 Å². The second kappa shape index (κ2) is 5.86. The van der Waals surface area contributed by atoms with Crippen LogP contribution in [0, 0.1) is 23.7 Å². The van der Waals surface area contributed by atoms with E-state index in [-0.39, 0.29) is 24.3 Å². The van der Waals surface area contributed by atoms with Crippen molar-refractivity contribution in [3.8, 4) is 5.75 Å². The summed E-state index contributed by atoms with van der Waals surface area (Å²) in [6.45, 7) is 7.42. The van der Waals surface area contributed by atoms with E-state index in [1.807, 2.05) is 45.9 Å². The molecule has 6 nitrogen and oxygen atoms in total. The van der Waals surface area contributed by atoms with Gasteiger partial charge in [0.1, 0.15) is 5.75 Å². The first kappa shape index (κ1) is 17.5. The van der Waals surface area contributed by atoms with E-state index in [0.717, 1.165) is 10.6 Å². The van der Waals surface area contributed by atoms with Gasteiger partial charge in [0.05, 0.1) is 5.41 Å². The highest BCUT2D eigenvalue weighted by molar-refractivity contribution is 6.05. The zero-order valence-corrected chi connectivity index (χ0v) is 15.1. The van der Waals surface area contributed by atoms with E-state index in [4.69, 9.17) is 4.74 Å². The fourth-order valence-corrected chi connectivity index (χ4v) is 3.94. The van der Waals surface area contributed by atoms with Gasteiger partial charge in [-0.05, 0) is 36.8 Å². The molecule has 6 heteroatoms. The van der Waals surface area contributed by atoms with Gasteiger partial charge in [0.2, 0.25) is 0 Å². The first-order chi connectivity index (χ1) is 11.7. The lowest BCUT2D eigenvalue weighted by molar-refractivity contribution is -0.174. The highest BCUT2D eigenvalue weighted by Crippen LogP contribution is 2.59. The fraction of sp³-hybridized carbons (Fsp3) is 0.526. The van der Waals surface area contributed by atoms with Crippen LogP contribution in [-0.2, 0) is 14.4 Å². The van der Waals surface area contributed by atoms with E-state index in [0.29, 0.717) is 18.6 Å². The van der Waals surface area contributed by atoms with Crippen LogP contribution in [0.4, 0.5) is 0 Å². The Morgan fingerprint density at radius 3 is 2.64 bits per heavy atom. The summed E-state index contributed by atoms with van der Waals surface area (Å²) < 4.78 is 5.48. The van der Waals surface area contributed by atoms with Crippen molar-refractivity contribution in [2.75, 3.05) is 6.61 Å². The molecule has 0 unspecified atom stereocenters. The number of rotatable bonds is 4. The minimum absolute atomic E-state index is 0.257. The smallest absolute Gasteiger partial charge is 0.276 e. The minimum Gasteiger partial charge on any atom is -0.483 e. The number of hydrogen-bond acceptors (Lipinski definition) is 4. The van der Waals surface area contributed by atoms with Crippen molar-refractivity contribution in [1.82, 2.24) is 10.4 Å². The molecule has 3 rings (SSSR count). The fourth-order valence-electron chi connectivity index (χ4n) is 3.94. The zero-order chi connectivity index (χ0) is 18.4. The Hall–Kier alpha value is -2.37. The van der Waals surface area contributed by atoms with Gasteiger partial charge < -0.3 is 4.74 Å². The molecule has 1 aliphatic heterocycles. The molecule has 3 amide bonds. The highest BCUT2D eigenvalue weighted by atomic mass is 16.5. The summed E-state index contributed by atoms with van der Waals surface area (Å²) in [5, 5.41) is 0.909. The van der Waals surface area contributed by atoms with E-state index < -0.39 is 16.7 Å². The lowest BCUT2D eigenvalue weighted by atomic mass is 9.63. The van der Waals surface area contributed by atoms with Gasteiger partial charge >= 0.3 is 0 Å². The molecule has 134 valence electrons. The molecule has 2 aliphatic rings. The van der Waals surface area contributed by atoms with E-state index in [2.05, 4.69) is 5.43 Å². The minimum atomic E-state index is -0.643. The monoisotopic (exact) mass is 344 g/mol. The lowest BCUT2D eigenvalue weighted by Gasteiger charge is -2.47. The molecule has 1 saturated carbocycles. The van der Waals surface area contributed by atoms with E-state index in [1.165, 1.54) is 0 Å². The Kier molecular flexibility index (Phi) is 4.09. The molecule has 0 spiro atoms. The number of imide groups is 1. The maximum atomic E-state index is 12.8. The first-order valence-corrected chi connectivity index (χ1v) is 8.55. The molecular formula is C19H24N2O4. The van der Waals surface area contributed by atoms with Gasteiger partial charge in [0.15, 0.2) is 6.61 Å². The Bertz CT molecular complexity index is 743. The van der Waals surface area contributed by atoms with Crippen molar-refractivity contribution in [2.24, 2.45) is 16.7 Å². The number of carbonyl (C=O) groups excluding carboxylic acids is 3. The summed E-state index contributed by atoms with van der Waals surface area (Å²) in [5.41, 5.74) is 2.31. The first-order valence-electron chi connectivity index (χ1n) is 8.55. The third-order valence-corrected chi connectivity index (χ3v) is 6.11. The summed E-state index contributed by atoms with van der Waals surface area (Å²) in [6.07, 6.45) is 1.32. The second-order valence-corrected chi connectivity index (χ2v) is 7.71. The summed E-state index contributed by atoms with van der Waals surface area (Å²) in [5.74, 6) is -0.836. The van der Waals surface area contributed by atoms with Crippen molar-refractivity contribution >= 4 is 17.7 Å². The van der Waals surface area contributed by atoms with E-state index in [9.17, 15) is 14.4 Å². The van der Waals surface area contributed by atoms with Crippen molar-refractivity contribution in [3.05, 3.63) is 29.8 Å². The number of para-hydroxylation sites is 1. The number of ether oxygens (including phenoxy) is 1. The van der Waals surface area contributed by atoms with Crippen molar-refractivity contribution < 1.29 is 19.1 Å². The van der Waals surface area contributed by atoms with Gasteiger partial charge in [-0.15, -0.1) is 0 Å². The lowest BCUT2D eigenvalue weighted by Crippen LogP contribution is -2.64. The summed E-state index contributed by atoms with van der Waals surface area (Å²) >= 11 is 0. The van der Waals surface area contributed by atoms with Crippen LogP contribution in [0.25, 0.3) is 0 Å². The predicted octanol–water partition coefficient (Wildman–Crippen LogP) is 2.22. The summed E-state index contributed by atoms with van der Waals surface area (Å²) in [6, 6.07) is 7.35. The summed E-state index contributed by atoms with van der Waals surface area (Å²) in [4.78, 5) is 37.7. The SMILES string of the molecule is Cc1ccccc1OCC(=O)NN1C(=O)[C@H]2CC[C@@](C)(C1=O)C2(C)C. The Labute approximate surface area is 147 Å². The standard InChI is InChI=1S/C19H24N2O4/c1-12-7-5-6-8-14(12)25-11-15(22)20-21-16(23)13-9-10-19(4,17(21)24)18(13,2)3/h5-8,13H,9-11H2,1-4H3,(H,20,22)/t13-,19+/m1/s1. The summed E-state index contributed by atoms with van der Waals surface area (Å²) in [7, 11) is 0. The van der Waals surface area contributed by atoms with Gasteiger partial charge in [0.25, 0.3) is 17.7 Å². The number of piperidine rings is 1. The van der Waals surface area contributed by atoms with E-state index in [1.54, 1.807) is 6.07 Å². The van der Waals surface area contributed by atoms with Crippen LogP contribution >= 0.6 is 0 Å². The zero-order valence-electron chi connectivity index (χ0n) is 15.1. The molecule has 0 aromatic heterocycles. The van der Waals surface area contributed by atoms with Gasteiger partial charge in [-0.2, -0.15) is 5.01 Å². The second-order valence-electron chi connectivity index (χ2n) is 7.71.